The Kier molecular flexibility index (Phi) is 6.92. The van der Waals surface area contributed by atoms with Gasteiger partial charge in [-0.05, 0) is 74.0 Å². The molecule has 1 fully saturated rings. The van der Waals surface area contributed by atoms with Crippen LogP contribution in [0.4, 0.5) is 5.69 Å². The summed E-state index contributed by atoms with van der Waals surface area (Å²) in [5, 5.41) is 26.1. The number of nitrogens with one attached hydrogen (secondary N) is 4. The molecule has 2 aromatic rings. The Balaban J connectivity index is 1.60. The number of hydrogen-bond acceptors (Lipinski definition) is 6. The first-order valence-corrected chi connectivity index (χ1v) is 9.65. The van der Waals surface area contributed by atoms with Crippen LogP contribution in [0.5, 0.6) is 11.5 Å². The molecule has 1 heterocycles. The lowest BCUT2D eigenvalue weighted by Crippen LogP contribution is -2.26. The van der Waals surface area contributed by atoms with Crippen molar-refractivity contribution in [2.75, 3.05) is 31.5 Å². The van der Waals surface area contributed by atoms with Crippen molar-refractivity contribution in [2.45, 2.75) is 19.3 Å². The van der Waals surface area contributed by atoms with Crippen LogP contribution in [-0.2, 0) is 0 Å². The van der Waals surface area contributed by atoms with Gasteiger partial charge in [0.1, 0.15) is 11.5 Å². The molecule has 4 N–H and O–H groups in total. The molecule has 0 aliphatic carbocycles. The summed E-state index contributed by atoms with van der Waals surface area (Å²) in [6.07, 6.45) is 5.49. The maximum Gasteiger partial charge on any atom is 0.128 e. The summed E-state index contributed by atoms with van der Waals surface area (Å²) in [4.78, 5) is 2.46. The third kappa shape index (κ3) is 5.27. The molecule has 6 heteroatoms. The van der Waals surface area contributed by atoms with E-state index in [1.165, 1.54) is 38.4 Å². The molecule has 0 saturated carbocycles. The minimum absolute atomic E-state index is 0.328. The second-order valence-electron chi connectivity index (χ2n) is 6.88. The van der Waals surface area contributed by atoms with Gasteiger partial charge in [-0.25, -0.2) is 0 Å². The molecule has 3 rings (SSSR count). The Morgan fingerprint density at radius 1 is 1.04 bits per heavy atom. The zero-order valence-corrected chi connectivity index (χ0v) is 16.0. The first-order valence-electron chi connectivity index (χ1n) is 9.65. The van der Waals surface area contributed by atoms with Crippen molar-refractivity contribution >= 4 is 23.8 Å². The third-order valence-corrected chi connectivity index (χ3v) is 4.87. The second kappa shape index (κ2) is 9.80. The highest BCUT2D eigenvalue weighted by Crippen LogP contribution is 2.26. The second-order valence-corrected chi connectivity index (χ2v) is 6.88. The fraction of sp³-hybridized carbons (Fsp3) is 0.318. The first kappa shape index (κ1) is 19.8. The van der Waals surface area contributed by atoms with Gasteiger partial charge in [-0.1, -0.05) is 0 Å². The van der Waals surface area contributed by atoms with Crippen LogP contribution in [0.2, 0.25) is 0 Å². The van der Waals surface area contributed by atoms with Crippen LogP contribution in [0.15, 0.2) is 42.5 Å². The summed E-state index contributed by atoms with van der Waals surface area (Å²) in [5.41, 5.74) is 2.94. The van der Waals surface area contributed by atoms with E-state index in [1.54, 1.807) is 0 Å². The molecule has 28 heavy (non-hydrogen) atoms. The smallest absolute Gasteiger partial charge is 0.128 e. The van der Waals surface area contributed by atoms with Gasteiger partial charge in [0.25, 0.3) is 0 Å². The highest BCUT2D eigenvalue weighted by Gasteiger charge is 2.11. The number of hydrogen-bond donors (Lipinski definition) is 4. The van der Waals surface area contributed by atoms with Crippen molar-refractivity contribution in [1.82, 2.24) is 4.90 Å². The minimum atomic E-state index is 0.328. The van der Waals surface area contributed by atoms with E-state index in [-0.39, 0.29) is 0 Å². The highest BCUT2D eigenvalue weighted by atomic mass is 16.5. The number of rotatable bonds is 10. The van der Waals surface area contributed by atoms with E-state index in [1.807, 2.05) is 42.5 Å². The quantitative estimate of drug-likeness (QED) is 0.462. The number of anilines is 1. The van der Waals surface area contributed by atoms with Crippen molar-refractivity contribution in [3.63, 3.8) is 0 Å². The Bertz CT molecular complexity index is 825. The minimum Gasteiger partial charge on any atom is -0.457 e. The number of benzene rings is 2. The zero-order valence-electron chi connectivity index (χ0n) is 16.0. The molecule has 1 aliphatic rings. The molecule has 6 nitrogen and oxygen atoms in total. The Morgan fingerprint density at radius 2 is 1.75 bits per heavy atom. The highest BCUT2D eigenvalue weighted by molar-refractivity contribution is 6.04. The van der Waals surface area contributed by atoms with E-state index in [2.05, 4.69) is 10.2 Å². The maximum absolute atomic E-state index is 7.88. The standard InChI is InChI=1S/C22H27N5O/c23-10-9-21(25)17-3-5-19(6-4-17)28-20-7-8-22(18(15-20)16-24)26-11-14-27-12-1-2-13-27/h3-8,10,15-16,23-26H,1-2,9,11-14H2. The lowest BCUT2D eigenvalue weighted by atomic mass is 10.1. The van der Waals surface area contributed by atoms with Gasteiger partial charge in [-0.3, -0.25) is 0 Å². The van der Waals surface area contributed by atoms with E-state index in [0.717, 1.165) is 29.9 Å². The summed E-state index contributed by atoms with van der Waals surface area (Å²) < 4.78 is 5.90. The largest absolute Gasteiger partial charge is 0.457 e. The Hall–Kier alpha value is -2.99. The summed E-state index contributed by atoms with van der Waals surface area (Å²) >= 11 is 0. The Morgan fingerprint density at radius 3 is 2.43 bits per heavy atom. The fourth-order valence-corrected chi connectivity index (χ4v) is 3.32. The number of ether oxygens (including phenoxy) is 1. The SMILES string of the molecule is N=CCC(=N)c1ccc(Oc2ccc(NCCN3CCCC3)c(C=N)c2)cc1. The van der Waals surface area contributed by atoms with Crippen LogP contribution in [0.25, 0.3) is 0 Å². The monoisotopic (exact) mass is 377 g/mol. The van der Waals surface area contributed by atoms with E-state index in [0.29, 0.717) is 23.6 Å². The van der Waals surface area contributed by atoms with Gasteiger partial charge >= 0.3 is 0 Å². The van der Waals surface area contributed by atoms with Gasteiger partial charge in [-0.15, -0.1) is 0 Å². The van der Waals surface area contributed by atoms with E-state index in [9.17, 15) is 0 Å². The lowest BCUT2D eigenvalue weighted by Gasteiger charge is -2.16. The first-order chi connectivity index (χ1) is 13.7. The van der Waals surface area contributed by atoms with Crippen molar-refractivity contribution < 1.29 is 4.74 Å². The summed E-state index contributed by atoms with van der Waals surface area (Å²) in [5.74, 6) is 1.35. The van der Waals surface area contributed by atoms with Gasteiger partial charge in [0, 0.05) is 48.9 Å². The molecular weight excluding hydrogens is 350 g/mol. The summed E-state index contributed by atoms with van der Waals surface area (Å²) in [7, 11) is 0. The predicted octanol–water partition coefficient (Wildman–Crippen LogP) is 4.39. The average molecular weight is 377 g/mol. The van der Waals surface area contributed by atoms with E-state index >= 15 is 0 Å². The zero-order chi connectivity index (χ0) is 19.8. The van der Waals surface area contributed by atoms with Crippen LogP contribution in [-0.4, -0.2) is 49.2 Å². The lowest BCUT2D eigenvalue weighted by molar-refractivity contribution is 0.352. The normalized spacial score (nSPS) is 13.9. The molecule has 0 aromatic heterocycles. The number of likely N-dealkylation sites (tertiary alicyclic amines) is 1. The van der Waals surface area contributed by atoms with Crippen LogP contribution in [0.1, 0.15) is 30.4 Å². The van der Waals surface area contributed by atoms with Gasteiger partial charge < -0.3 is 31.2 Å². The molecule has 0 bridgehead atoms. The Labute approximate surface area is 166 Å². The van der Waals surface area contributed by atoms with Gasteiger partial charge in [0.15, 0.2) is 0 Å². The average Bonchev–Trinajstić information content (AvgIpc) is 3.23. The number of nitrogens with zero attached hydrogens (tertiary/aromatic N) is 1. The molecule has 1 saturated heterocycles. The topological polar surface area (TPSA) is 96.1 Å². The van der Waals surface area contributed by atoms with Crippen LogP contribution in [0.3, 0.4) is 0 Å². The molecule has 0 atom stereocenters. The molecule has 0 spiro atoms. The van der Waals surface area contributed by atoms with Gasteiger partial charge in [-0.2, -0.15) is 0 Å². The maximum atomic E-state index is 7.88. The van der Waals surface area contributed by atoms with Gasteiger partial charge in [0.05, 0.1) is 0 Å². The molecule has 2 aromatic carbocycles. The van der Waals surface area contributed by atoms with Gasteiger partial charge in [0.2, 0.25) is 0 Å². The van der Waals surface area contributed by atoms with Crippen molar-refractivity contribution in [2.24, 2.45) is 0 Å². The molecule has 0 amide bonds. The molecule has 0 unspecified atom stereocenters. The third-order valence-electron chi connectivity index (χ3n) is 4.87. The van der Waals surface area contributed by atoms with E-state index in [4.69, 9.17) is 21.0 Å². The van der Waals surface area contributed by atoms with Crippen molar-refractivity contribution in [1.29, 1.82) is 16.2 Å². The summed E-state index contributed by atoms with van der Waals surface area (Å²) in [6, 6.07) is 13.0. The van der Waals surface area contributed by atoms with Crippen LogP contribution >= 0.6 is 0 Å². The van der Waals surface area contributed by atoms with Crippen LogP contribution < -0.4 is 10.1 Å². The molecular formula is C22H27N5O. The predicted molar refractivity (Wildman–Crippen MR) is 115 cm³/mol. The molecule has 1 aliphatic heterocycles. The van der Waals surface area contributed by atoms with E-state index < -0.39 is 0 Å². The molecule has 0 radical (unpaired) electrons. The molecule has 146 valence electrons. The fourth-order valence-electron chi connectivity index (χ4n) is 3.32. The van der Waals surface area contributed by atoms with Crippen molar-refractivity contribution in [3.8, 4) is 11.5 Å². The van der Waals surface area contributed by atoms with Crippen LogP contribution in [0, 0.1) is 16.2 Å². The van der Waals surface area contributed by atoms with Crippen molar-refractivity contribution in [3.05, 3.63) is 53.6 Å². The summed E-state index contributed by atoms with van der Waals surface area (Å²) in [6.45, 7) is 4.26.